The van der Waals surface area contributed by atoms with Gasteiger partial charge >= 0.3 is 292 Å². The first-order chi connectivity index (χ1) is 23.1. The summed E-state index contributed by atoms with van der Waals surface area (Å²) in [4.78, 5) is 48.9. The van der Waals surface area contributed by atoms with Gasteiger partial charge in [0.1, 0.15) is 0 Å². The molecule has 0 saturated carbocycles. The average molecular weight is 697 g/mol. The van der Waals surface area contributed by atoms with Gasteiger partial charge in [0, 0.05) is 0 Å². The molecule has 3 rings (SSSR count). The zero-order valence-electron chi connectivity index (χ0n) is 31.1. The topological polar surface area (TPSA) is 107 Å². The van der Waals surface area contributed by atoms with Crippen molar-refractivity contribution in [2.45, 2.75) is 48.0 Å². The van der Waals surface area contributed by atoms with Gasteiger partial charge in [-0.25, -0.2) is 0 Å². The average Bonchev–Trinajstić information content (AvgIpc) is 3.07. The number of rotatable bonds is 17. The second-order valence-electron chi connectivity index (χ2n) is 14.2. The van der Waals surface area contributed by atoms with Gasteiger partial charge in [0.2, 0.25) is 0 Å². The van der Waals surface area contributed by atoms with Crippen LogP contribution >= 0.6 is 6.60 Å². The summed E-state index contributed by atoms with van der Waals surface area (Å²) in [6.07, 6.45) is 0.521. The van der Waals surface area contributed by atoms with Gasteiger partial charge in [0.15, 0.2) is 0 Å². The molecule has 0 aliphatic heterocycles. The van der Waals surface area contributed by atoms with Crippen LogP contribution < -0.4 is 28.4 Å². The first-order valence-electron chi connectivity index (χ1n) is 16.4. The van der Waals surface area contributed by atoms with Crippen molar-refractivity contribution < 1.29 is 42.8 Å². The van der Waals surface area contributed by atoms with Crippen molar-refractivity contribution in [2.75, 3.05) is 55.0 Å². The second kappa shape index (κ2) is 15.6. The predicted molar refractivity (Wildman–Crippen MR) is 196 cm³/mol. The minimum absolute atomic E-state index is 0.0261. The SMILES string of the molecule is COc1cccc(OC)c1C(=O)P(CC(C)C)(CC(C)CC(C)(C)C)(C(=O)c1c(OC)cccc1OC)C(=O)c1c(OC)cccc1OC. The summed E-state index contributed by atoms with van der Waals surface area (Å²) in [6, 6.07) is 14.9. The zero-order chi connectivity index (χ0) is 36.8. The number of hydrogen-bond donors (Lipinski definition) is 0. The maximum absolute atomic E-state index is 16.3. The van der Waals surface area contributed by atoms with Crippen molar-refractivity contribution in [3.05, 3.63) is 71.3 Å². The molecular formula is C39H53O9P. The van der Waals surface area contributed by atoms with E-state index in [4.69, 9.17) is 28.4 Å². The van der Waals surface area contributed by atoms with Crippen molar-refractivity contribution >= 4 is 23.2 Å². The molecule has 0 spiro atoms. The van der Waals surface area contributed by atoms with E-state index in [-0.39, 0.29) is 80.8 Å². The van der Waals surface area contributed by atoms with Crippen LogP contribution in [0.5, 0.6) is 34.5 Å². The first-order valence-corrected chi connectivity index (χ1v) is 19.0. The van der Waals surface area contributed by atoms with E-state index in [1.807, 2.05) is 20.8 Å². The van der Waals surface area contributed by atoms with Gasteiger partial charge in [-0.2, -0.15) is 0 Å². The second-order valence-corrected chi connectivity index (χ2v) is 19.1. The van der Waals surface area contributed by atoms with Gasteiger partial charge in [0.05, 0.1) is 0 Å². The van der Waals surface area contributed by atoms with E-state index >= 15 is 14.4 Å². The Bertz CT molecular complexity index is 1440. The number of benzene rings is 3. The predicted octanol–water partition coefficient (Wildman–Crippen LogP) is 8.84. The molecule has 10 heteroatoms. The van der Waals surface area contributed by atoms with Crippen LogP contribution in [0.3, 0.4) is 0 Å². The fourth-order valence-corrected chi connectivity index (χ4v) is 14.5. The molecule has 0 bridgehead atoms. The summed E-state index contributed by atoms with van der Waals surface area (Å²) >= 11 is 0. The molecule has 0 aromatic heterocycles. The third-order valence-electron chi connectivity index (χ3n) is 8.84. The van der Waals surface area contributed by atoms with Crippen LogP contribution in [0.4, 0.5) is 0 Å². The summed E-state index contributed by atoms with van der Waals surface area (Å²) in [6.45, 7) is 6.79. The molecule has 0 N–H and O–H groups in total. The van der Waals surface area contributed by atoms with Crippen LogP contribution in [-0.2, 0) is 0 Å². The van der Waals surface area contributed by atoms with Crippen molar-refractivity contribution in [3.8, 4) is 34.5 Å². The van der Waals surface area contributed by atoms with Crippen LogP contribution in [-0.4, -0.2) is 71.6 Å². The van der Waals surface area contributed by atoms with Crippen LogP contribution in [0.15, 0.2) is 54.6 Å². The Hall–Kier alpha value is -4.10. The molecule has 268 valence electrons. The summed E-state index contributed by atoms with van der Waals surface area (Å²) in [5.41, 5.74) is -2.02. The molecule has 49 heavy (non-hydrogen) atoms. The van der Waals surface area contributed by atoms with E-state index in [1.165, 1.54) is 42.7 Å². The van der Waals surface area contributed by atoms with E-state index in [0.29, 0.717) is 6.42 Å². The van der Waals surface area contributed by atoms with E-state index < -0.39 is 23.2 Å². The molecule has 0 heterocycles. The van der Waals surface area contributed by atoms with E-state index in [0.717, 1.165) is 0 Å². The maximum atomic E-state index is 16.3. The Morgan fingerprint density at radius 1 is 0.531 bits per heavy atom. The third kappa shape index (κ3) is 7.28. The molecule has 3 aromatic rings. The van der Waals surface area contributed by atoms with Gasteiger partial charge in [-0.15, -0.1) is 0 Å². The van der Waals surface area contributed by atoms with Crippen molar-refractivity contribution in [1.82, 2.24) is 0 Å². The van der Waals surface area contributed by atoms with E-state index in [1.54, 1.807) is 54.6 Å². The molecule has 1 atom stereocenters. The van der Waals surface area contributed by atoms with Crippen molar-refractivity contribution in [3.63, 3.8) is 0 Å². The van der Waals surface area contributed by atoms with Crippen LogP contribution in [0.25, 0.3) is 0 Å². The fourth-order valence-electron chi connectivity index (χ4n) is 7.45. The van der Waals surface area contributed by atoms with E-state index in [2.05, 4.69) is 20.8 Å². The quantitative estimate of drug-likeness (QED) is 0.128. The molecule has 1 unspecified atom stereocenters. The molecule has 0 aliphatic carbocycles. The molecule has 9 nitrogen and oxygen atoms in total. The molecule has 0 aliphatic rings. The molecule has 0 saturated heterocycles. The Balaban J connectivity index is 2.82. The minimum atomic E-state index is -5.34. The van der Waals surface area contributed by atoms with Crippen molar-refractivity contribution in [2.24, 2.45) is 17.3 Å². The van der Waals surface area contributed by atoms with Gasteiger partial charge < -0.3 is 0 Å². The number of ether oxygens (including phenoxy) is 6. The Kier molecular flexibility index (Phi) is 12.5. The van der Waals surface area contributed by atoms with Crippen LogP contribution in [0, 0.1) is 17.3 Å². The molecule has 0 amide bonds. The Morgan fingerprint density at radius 2 is 0.796 bits per heavy atom. The standard InChI is InChI=1S/C39H53O9P/c1-25(2)23-49(24-26(3)22-39(4,5)6,36(40)33-27(43-7)16-13-17-28(33)44-8,37(41)34-29(45-9)18-14-19-30(34)46-10)38(42)35-31(47-11)20-15-21-32(35)48-12/h13-21,25-26H,22-24H2,1-12H3. The summed E-state index contributed by atoms with van der Waals surface area (Å²) in [5, 5.41) is 0. The van der Waals surface area contributed by atoms with Gasteiger partial charge in [-0.1, -0.05) is 0 Å². The fraction of sp³-hybridized carbons (Fsp3) is 0.462. The monoisotopic (exact) mass is 696 g/mol. The molecule has 0 radical (unpaired) electrons. The molecule has 3 aromatic carbocycles. The number of hydrogen-bond acceptors (Lipinski definition) is 9. The normalized spacial score (nSPS) is 13.1. The van der Waals surface area contributed by atoms with Crippen molar-refractivity contribution in [1.29, 1.82) is 0 Å². The summed E-state index contributed by atoms with van der Waals surface area (Å²) in [7, 11) is 8.67. The molecular weight excluding hydrogens is 643 g/mol. The van der Waals surface area contributed by atoms with Gasteiger partial charge in [-0.3, -0.25) is 0 Å². The summed E-state index contributed by atoms with van der Waals surface area (Å²) < 4.78 is 34.7. The summed E-state index contributed by atoms with van der Waals surface area (Å²) in [5.74, 6) is 0.523. The Morgan fingerprint density at radius 3 is 1.00 bits per heavy atom. The molecule has 0 fully saturated rings. The number of carbonyl (C=O) groups is 3. The van der Waals surface area contributed by atoms with Crippen LogP contribution in [0.1, 0.15) is 79.0 Å². The van der Waals surface area contributed by atoms with E-state index in [9.17, 15) is 0 Å². The zero-order valence-corrected chi connectivity index (χ0v) is 32.0. The number of carbonyl (C=O) groups excluding carboxylic acids is 3. The van der Waals surface area contributed by atoms with Gasteiger partial charge in [-0.05, 0) is 0 Å². The van der Waals surface area contributed by atoms with Gasteiger partial charge in [0.25, 0.3) is 0 Å². The Labute approximate surface area is 291 Å². The van der Waals surface area contributed by atoms with Crippen LogP contribution in [0.2, 0.25) is 0 Å². The third-order valence-corrected chi connectivity index (χ3v) is 15.4. The first kappa shape index (κ1) is 39.3. The number of methoxy groups -OCH3 is 6.